The Kier molecular flexibility index (Phi) is 11.3. The first kappa shape index (κ1) is 23.6. The molecule has 2 rings (SSSR count). The van der Waals surface area contributed by atoms with Crippen LogP contribution in [0, 0.1) is 6.92 Å². The van der Waals surface area contributed by atoms with Gasteiger partial charge in [0.05, 0.1) is 11.3 Å². The molecule has 1 aromatic carbocycles. The van der Waals surface area contributed by atoms with Crippen molar-refractivity contribution in [1.29, 1.82) is 0 Å². The zero-order valence-corrected chi connectivity index (χ0v) is 17.9. The van der Waals surface area contributed by atoms with Crippen LogP contribution in [0.1, 0.15) is 70.3 Å². The zero-order valence-electron chi connectivity index (χ0n) is 17.1. The van der Waals surface area contributed by atoms with Crippen LogP contribution in [0.15, 0.2) is 29.2 Å². The molecule has 0 aromatic heterocycles. The minimum Gasteiger partial charge on any atom is -0.744 e. The smallest absolute Gasteiger partial charge is 0.336 e. The van der Waals surface area contributed by atoms with Gasteiger partial charge in [0, 0.05) is 0 Å². The fourth-order valence-corrected chi connectivity index (χ4v) is 3.38. The van der Waals surface area contributed by atoms with Gasteiger partial charge in [-0.3, -0.25) is 0 Å². The predicted octanol–water partition coefficient (Wildman–Crippen LogP) is 4.49. The molecule has 0 fully saturated rings. The highest BCUT2D eigenvalue weighted by Gasteiger charge is 2.18. The van der Waals surface area contributed by atoms with Crippen molar-refractivity contribution in [2.75, 3.05) is 20.2 Å². The van der Waals surface area contributed by atoms with Crippen LogP contribution in [-0.2, 0) is 14.9 Å². The average Bonchev–Trinajstić information content (AvgIpc) is 3.02. The summed E-state index contributed by atoms with van der Waals surface area (Å²) in [5, 5.41) is 0. The van der Waals surface area contributed by atoms with Crippen LogP contribution in [0.2, 0.25) is 0 Å². The maximum atomic E-state index is 10.4. The highest BCUT2D eigenvalue weighted by Crippen LogP contribution is 2.11. The van der Waals surface area contributed by atoms with Crippen molar-refractivity contribution < 1.29 is 22.3 Å². The average molecular weight is 398 g/mol. The second-order valence-electron chi connectivity index (χ2n) is 7.16. The Bertz CT molecular complexity index is 666. The second kappa shape index (κ2) is 12.9. The molecule has 0 amide bonds. The van der Waals surface area contributed by atoms with E-state index in [4.69, 9.17) is 4.74 Å². The van der Waals surface area contributed by atoms with Crippen LogP contribution in [0.25, 0.3) is 0 Å². The van der Waals surface area contributed by atoms with Crippen LogP contribution in [-0.4, -0.2) is 43.6 Å². The van der Waals surface area contributed by atoms with Gasteiger partial charge < -0.3 is 9.29 Å². The lowest BCUT2D eigenvalue weighted by atomic mass is 10.1. The fraction of sp³-hybridized carbons (Fsp3) is 0.667. The second-order valence-corrected chi connectivity index (χ2v) is 8.54. The van der Waals surface area contributed by atoms with Crippen LogP contribution >= 0.6 is 0 Å². The third-order valence-corrected chi connectivity index (χ3v) is 5.52. The van der Waals surface area contributed by atoms with Crippen LogP contribution in [0.3, 0.4) is 0 Å². The number of rotatable bonds is 10. The van der Waals surface area contributed by atoms with E-state index in [-0.39, 0.29) is 4.90 Å². The Hall–Kier alpha value is -1.40. The largest absolute Gasteiger partial charge is 0.744 e. The molecule has 0 spiro atoms. The normalized spacial score (nSPS) is 13.9. The van der Waals surface area contributed by atoms with Crippen molar-refractivity contribution in [3.8, 4) is 0 Å². The molecule has 0 radical (unpaired) electrons. The van der Waals surface area contributed by atoms with Gasteiger partial charge in [-0.15, -0.1) is 0 Å². The fourth-order valence-electron chi connectivity index (χ4n) is 2.91. The van der Waals surface area contributed by atoms with Crippen molar-refractivity contribution in [2.24, 2.45) is 0 Å². The SMILES string of the molecule is CCCCCCCCCCC1=[N+](C)CCO1.Cc1ccc(S(=O)(=O)[O-])cc1. The van der Waals surface area contributed by atoms with E-state index in [2.05, 4.69) is 18.5 Å². The zero-order chi connectivity index (χ0) is 20.1. The molecule has 5 nitrogen and oxygen atoms in total. The summed E-state index contributed by atoms with van der Waals surface area (Å²) in [4.78, 5) is -0.178. The summed E-state index contributed by atoms with van der Waals surface area (Å²) in [6.07, 6.45) is 12.3. The molecule has 0 saturated heterocycles. The number of likely N-dealkylation sites (N-methyl/N-ethyl adjacent to an activating group) is 1. The summed E-state index contributed by atoms with van der Waals surface area (Å²) in [6, 6.07) is 5.78. The van der Waals surface area contributed by atoms with Gasteiger partial charge >= 0.3 is 5.90 Å². The van der Waals surface area contributed by atoms with Crippen LogP contribution < -0.4 is 0 Å². The number of hydrogen-bond acceptors (Lipinski definition) is 4. The van der Waals surface area contributed by atoms with Gasteiger partial charge in [0.25, 0.3) is 0 Å². The first-order valence-electron chi connectivity index (χ1n) is 10.1. The van der Waals surface area contributed by atoms with Crippen LogP contribution in [0.5, 0.6) is 0 Å². The molecule has 0 atom stereocenters. The maximum absolute atomic E-state index is 10.4. The monoisotopic (exact) mass is 397 g/mol. The molecule has 6 heteroatoms. The molecule has 1 heterocycles. The van der Waals surface area contributed by atoms with E-state index in [0.717, 1.165) is 25.1 Å². The molecule has 154 valence electrons. The molecule has 0 bridgehead atoms. The predicted molar refractivity (Wildman–Crippen MR) is 108 cm³/mol. The number of nitrogens with zero attached hydrogens (tertiary/aromatic N) is 1. The van der Waals surface area contributed by atoms with Gasteiger partial charge in [0.2, 0.25) is 0 Å². The van der Waals surface area contributed by atoms with Gasteiger partial charge in [0.1, 0.15) is 17.2 Å². The van der Waals surface area contributed by atoms with Gasteiger partial charge in [-0.05, 0) is 25.5 Å². The summed E-state index contributed by atoms with van der Waals surface area (Å²) in [6.45, 7) is 6.06. The van der Waals surface area contributed by atoms with E-state index in [1.165, 1.54) is 69.4 Å². The summed E-state index contributed by atoms with van der Waals surface area (Å²) in [7, 11) is -2.14. The Morgan fingerprint density at radius 1 is 1.00 bits per heavy atom. The lowest BCUT2D eigenvalue weighted by Crippen LogP contribution is -2.10. The molecular weight excluding hydrogens is 362 g/mol. The highest BCUT2D eigenvalue weighted by atomic mass is 32.2. The van der Waals surface area contributed by atoms with Crippen molar-refractivity contribution >= 4 is 16.0 Å². The van der Waals surface area contributed by atoms with Crippen molar-refractivity contribution in [1.82, 2.24) is 0 Å². The topological polar surface area (TPSA) is 69.4 Å². The molecular formula is C21H35NO4S. The summed E-state index contributed by atoms with van der Waals surface area (Å²) in [5.74, 6) is 1.21. The van der Waals surface area contributed by atoms with Crippen molar-refractivity contribution in [2.45, 2.75) is 76.5 Å². The van der Waals surface area contributed by atoms with Gasteiger partial charge in [-0.25, -0.2) is 13.0 Å². The molecule has 1 aliphatic rings. The first-order chi connectivity index (χ1) is 12.8. The molecule has 1 aromatic rings. The van der Waals surface area contributed by atoms with Gasteiger partial charge in [-0.2, -0.15) is 0 Å². The summed E-state index contributed by atoms with van der Waals surface area (Å²) < 4.78 is 39.0. The molecule has 0 saturated carbocycles. The number of benzene rings is 1. The minimum absolute atomic E-state index is 0.178. The summed E-state index contributed by atoms with van der Waals surface area (Å²) in [5.41, 5.74) is 0.928. The van der Waals surface area contributed by atoms with Gasteiger partial charge in [-0.1, -0.05) is 69.6 Å². The van der Waals surface area contributed by atoms with Crippen LogP contribution in [0.4, 0.5) is 0 Å². The summed E-state index contributed by atoms with van der Waals surface area (Å²) >= 11 is 0. The van der Waals surface area contributed by atoms with E-state index in [0.29, 0.717) is 0 Å². The first-order valence-corrected chi connectivity index (χ1v) is 11.5. The Morgan fingerprint density at radius 3 is 2.04 bits per heavy atom. The standard InChI is InChI=1S/C14H28NO.C7H8O3S/c1-3-4-5-6-7-8-9-10-11-14-15(2)12-13-16-14;1-6-2-4-7(5-3-6)11(8,9)10/h3-13H2,1-2H3;2-5H,1H3,(H,8,9,10)/q+1;/p-1. The molecule has 0 unspecified atom stereocenters. The third kappa shape index (κ3) is 10.5. The lowest BCUT2D eigenvalue weighted by molar-refractivity contribution is -0.488. The quantitative estimate of drug-likeness (QED) is 0.331. The lowest BCUT2D eigenvalue weighted by Gasteiger charge is -2.05. The van der Waals surface area contributed by atoms with E-state index >= 15 is 0 Å². The Labute approximate surface area is 165 Å². The number of aryl methyl sites for hydroxylation is 1. The van der Waals surface area contributed by atoms with E-state index in [1.807, 2.05) is 6.92 Å². The van der Waals surface area contributed by atoms with Crippen molar-refractivity contribution in [3.63, 3.8) is 0 Å². The minimum atomic E-state index is -4.27. The van der Waals surface area contributed by atoms with Crippen molar-refractivity contribution in [3.05, 3.63) is 29.8 Å². The number of hydrogen-bond donors (Lipinski definition) is 0. The molecule has 27 heavy (non-hydrogen) atoms. The molecule has 0 N–H and O–H groups in total. The van der Waals surface area contributed by atoms with E-state index < -0.39 is 10.1 Å². The molecule has 1 aliphatic heterocycles. The number of ether oxygens (including phenoxy) is 1. The van der Waals surface area contributed by atoms with E-state index in [1.54, 1.807) is 12.1 Å². The van der Waals surface area contributed by atoms with Gasteiger partial charge in [0.15, 0.2) is 13.2 Å². The molecule has 0 aliphatic carbocycles. The Balaban J connectivity index is 0.000000289. The maximum Gasteiger partial charge on any atom is 0.336 e. The third-order valence-electron chi connectivity index (χ3n) is 4.67. The Morgan fingerprint density at radius 2 is 1.56 bits per heavy atom. The highest BCUT2D eigenvalue weighted by molar-refractivity contribution is 7.85. The van der Waals surface area contributed by atoms with E-state index in [9.17, 15) is 13.0 Å². The number of unbranched alkanes of at least 4 members (excludes halogenated alkanes) is 7.